The maximum atomic E-state index is 11.2. The third-order valence-corrected chi connectivity index (χ3v) is 2.81. The number of aromatic nitrogens is 1. The van der Waals surface area contributed by atoms with Crippen LogP contribution >= 0.6 is 0 Å². The molecule has 0 aliphatic heterocycles. The van der Waals surface area contributed by atoms with Crippen LogP contribution in [-0.2, 0) is 0 Å². The predicted molar refractivity (Wildman–Crippen MR) is 50.0 cm³/mol. The minimum absolute atomic E-state index is 0.0342. The monoisotopic (exact) mass is 264 g/mol. The zero-order valence-corrected chi connectivity index (χ0v) is 9.15. The van der Waals surface area contributed by atoms with E-state index in [9.17, 15) is 4.79 Å². The second-order valence-electron chi connectivity index (χ2n) is 2.60. The van der Waals surface area contributed by atoms with Crippen LogP contribution in [0.5, 0.6) is 0 Å². The molecule has 0 saturated carbocycles. The molecule has 0 aliphatic carbocycles. The van der Waals surface area contributed by atoms with Gasteiger partial charge >= 0.3 is 82.7 Å². The molecule has 0 unspecified atom stereocenters. The average molecular weight is 263 g/mol. The molecule has 0 saturated heterocycles. The topological polar surface area (TPSA) is 32.9 Å². The molecule has 2 nitrogen and oxygen atoms in total. The van der Waals surface area contributed by atoms with Crippen LogP contribution in [0.15, 0.2) is 35.1 Å². The molecule has 2 rings (SSSR count). The van der Waals surface area contributed by atoms with Crippen LogP contribution in [0.1, 0.15) is 0 Å². The molecule has 0 atom stereocenters. The van der Waals surface area contributed by atoms with Crippen molar-refractivity contribution in [3.05, 3.63) is 40.7 Å². The summed E-state index contributed by atoms with van der Waals surface area (Å²) in [4.78, 5) is 14.0. The van der Waals surface area contributed by atoms with Gasteiger partial charge in [-0.2, -0.15) is 0 Å². The van der Waals surface area contributed by atoms with Gasteiger partial charge in [0.1, 0.15) is 0 Å². The van der Waals surface area contributed by atoms with E-state index in [1.54, 1.807) is 0 Å². The van der Waals surface area contributed by atoms with E-state index in [4.69, 9.17) is 0 Å². The van der Waals surface area contributed by atoms with Gasteiger partial charge in [-0.15, -0.1) is 0 Å². The number of hydrogen-bond donors (Lipinski definition) is 1. The Morgan fingerprint density at radius 2 is 2.00 bits per heavy atom. The molecule has 1 aromatic heterocycles. The standard InChI is InChI=1S/C9H6NO.Sn/c11-9-6-5-7-3-1-2-4-8(7)10-9;/h1-5H,(H,10,11);. The molecule has 0 bridgehead atoms. The van der Waals surface area contributed by atoms with Gasteiger partial charge in [-0.1, -0.05) is 0 Å². The van der Waals surface area contributed by atoms with Crippen molar-refractivity contribution in [1.82, 2.24) is 4.98 Å². The van der Waals surface area contributed by atoms with E-state index in [-0.39, 0.29) is 5.56 Å². The normalized spacial score (nSPS) is 10.4. The summed E-state index contributed by atoms with van der Waals surface area (Å²) in [6, 6.07) is 9.73. The molecule has 2 aromatic rings. The summed E-state index contributed by atoms with van der Waals surface area (Å²) in [5.74, 6) is 0. The first-order valence-electron chi connectivity index (χ1n) is 3.61. The molecule has 0 spiro atoms. The first-order chi connectivity index (χ1) is 5.77. The van der Waals surface area contributed by atoms with Gasteiger partial charge < -0.3 is 0 Å². The van der Waals surface area contributed by atoms with E-state index in [0.717, 1.165) is 37.0 Å². The number of pyridine rings is 1. The average Bonchev–Trinajstić information content (AvgIpc) is 2.07. The van der Waals surface area contributed by atoms with Crippen LogP contribution in [-0.4, -0.2) is 27.5 Å². The maximum absolute atomic E-state index is 11.2. The van der Waals surface area contributed by atoms with Gasteiger partial charge in [-0.3, -0.25) is 0 Å². The van der Waals surface area contributed by atoms with E-state index < -0.39 is 0 Å². The summed E-state index contributed by atoms with van der Waals surface area (Å²) in [6.45, 7) is 0. The second kappa shape index (κ2) is 2.93. The molecule has 3 heteroatoms. The zero-order chi connectivity index (χ0) is 8.55. The van der Waals surface area contributed by atoms with Crippen LogP contribution in [0.4, 0.5) is 0 Å². The van der Waals surface area contributed by atoms with E-state index in [2.05, 4.69) is 4.98 Å². The van der Waals surface area contributed by atoms with Gasteiger partial charge in [0.05, 0.1) is 0 Å². The van der Waals surface area contributed by atoms with Gasteiger partial charge in [0, 0.05) is 0 Å². The molecule has 1 aromatic carbocycles. The van der Waals surface area contributed by atoms with Crippen LogP contribution < -0.4 is 9.14 Å². The fourth-order valence-corrected chi connectivity index (χ4v) is 1.77. The number of H-pyrrole nitrogens is 1. The molecular formula is C9H6NOSn. The molecule has 0 fully saturated rings. The summed E-state index contributed by atoms with van der Waals surface area (Å²) in [5, 5.41) is 1.10. The van der Waals surface area contributed by atoms with Crippen molar-refractivity contribution in [2.45, 2.75) is 0 Å². The summed E-state index contributed by atoms with van der Waals surface area (Å²) in [6.07, 6.45) is 0. The molecule has 3 radical (unpaired) electrons. The Kier molecular flexibility index (Phi) is 1.92. The molecular weight excluding hydrogens is 257 g/mol. The fraction of sp³-hybridized carbons (Fsp3) is 0. The Hall–Kier alpha value is -0.771. The van der Waals surface area contributed by atoms with Crippen molar-refractivity contribution in [3.8, 4) is 0 Å². The summed E-state index contributed by atoms with van der Waals surface area (Å²) >= 11 is 1.16. The van der Waals surface area contributed by atoms with E-state index >= 15 is 0 Å². The van der Waals surface area contributed by atoms with Crippen molar-refractivity contribution in [2.75, 3.05) is 0 Å². The summed E-state index contributed by atoms with van der Waals surface area (Å²) in [5.41, 5.74) is 0.945. The number of para-hydroxylation sites is 1. The fourth-order valence-electron chi connectivity index (χ4n) is 1.15. The van der Waals surface area contributed by atoms with Crippen LogP contribution in [0.3, 0.4) is 0 Å². The number of hydrogen-bond acceptors (Lipinski definition) is 1. The Bertz CT molecular complexity index is 475. The summed E-state index contributed by atoms with van der Waals surface area (Å²) < 4.78 is 0.848. The predicted octanol–water partition coefficient (Wildman–Crippen LogP) is 0.322. The SMILES string of the molecule is O=c1[nH]c2ccccc2c[c]1[Sn]. The van der Waals surface area contributed by atoms with Gasteiger partial charge in [0.25, 0.3) is 0 Å². The third kappa shape index (κ3) is 1.26. The Morgan fingerprint density at radius 3 is 2.83 bits per heavy atom. The number of benzene rings is 1. The van der Waals surface area contributed by atoms with Crippen molar-refractivity contribution in [3.63, 3.8) is 0 Å². The quantitative estimate of drug-likeness (QED) is 0.682. The molecule has 57 valence electrons. The first-order valence-corrected chi connectivity index (χ1v) is 5.04. The van der Waals surface area contributed by atoms with Crippen LogP contribution in [0, 0.1) is 0 Å². The number of aromatic amines is 1. The van der Waals surface area contributed by atoms with Crippen molar-refractivity contribution < 1.29 is 0 Å². The second-order valence-corrected chi connectivity index (χ2v) is 4.14. The molecule has 12 heavy (non-hydrogen) atoms. The van der Waals surface area contributed by atoms with Gasteiger partial charge in [0.15, 0.2) is 0 Å². The number of fused-ring (bicyclic) bond motifs is 1. The number of rotatable bonds is 0. The molecule has 1 heterocycles. The third-order valence-electron chi connectivity index (χ3n) is 1.75. The Balaban J connectivity index is 2.93. The van der Waals surface area contributed by atoms with Gasteiger partial charge in [0.2, 0.25) is 0 Å². The van der Waals surface area contributed by atoms with Crippen molar-refractivity contribution in [1.29, 1.82) is 0 Å². The van der Waals surface area contributed by atoms with Gasteiger partial charge in [-0.05, 0) is 0 Å². The van der Waals surface area contributed by atoms with Crippen molar-refractivity contribution >= 4 is 37.0 Å². The van der Waals surface area contributed by atoms with Crippen molar-refractivity contribution in [2.24, 2.45) is 0 Å². The summed E-state index contributed by atoms with van der Waals surface area (Å²) in [7, 11) is 0. The van der Waals surface area contributed by atoms with Crippen LogP contribution in [0.25, 0.3) is 10.9 Å². The van der Waals surface area contributed by atoms with E-state index in [1.165, 1.54) is 0 Å². The van der Waals surface area contributed by atoms with Crippen LogP contribution in [0.2, 0.25) is 0 Å². The Morgan fingerprint density at radius 1 is 1.25 bits per heavy atom. The molecule has 0 aliphatic rings. The zero-order valence-electron chi connectivity index (χ0n) is 6.29. The van der Waals surface area contributed by atoms with E-state index in [0.29, 0.717) is 0 Å². The van der Waals surface area contributed by atoms with Gasteiger partial charge in [-0.25, -0.2) is 0 Å². The van der Waals surface area contributed by atoms with E-state index in [1.807, 2.05) is 30.3 Å². The Labute approximate surface area is 82.7 Å². The minimum atomic E-state index is 0.0342. The number of nitrogens with one attached hydrogen (secondary N) is 1. The first kappa shape index (κ1) is 7.86. The molecule has 0 amide bonds. The molecule has 1 N–H and O–H groups in total.